The van der Waals surface area contributed by atoms with E-state index < -0.39 is 12.0 Å². The van der Waals surface area contributed by atoms with Crippen LogP contribution in [0.4, 0.5) is 0 Å². The van der Waals surface area contributed by atoms with Gasteiger partial charge in [-0.3, -0.25) is 4.79 Å². The van der Waals surface area contributed by atoms with Gasteiger partial charge in [0.2, 0.25) is 0 Å². The minimum atomic E-state index is -0.779. The third-order valence-electron chi connectivity index (χ3n) is 2.65. The first-order valence-electron chi connectivity index (χ1n) is 5.57. The van der Waals surface area contributed by atoms with Gasteiger partial charge in [-0.1, -0.05) is 20.8 Å². The van der Waals surface area contributed by atoms with E-state index in [2.05, 4.69) is 24.1 Å². The van der Waals surface area contributed by atoms with Gasteiger partial charge in [-0.15, -0.1) is 0 Å². The third-order valence-corrected chi connectivity index (χ3v) is 2.65. The smallest absolute Gasteiger partial charge is 0.322 e. The molecule has 0 heterocycles. The molecule has 0 rings (SSSR count). The van der Waals surface area contributed by atoms with Gasteiger partial charge in [0.25, 0.3) is 0 Å². The third kappa shape index (κ3) is 5.74. The number of nitrogens with one attached hydrogen (secondary N) is 1. The number of carbonyl (C=O) groups is 1. The summed E-state index contributed by atoms with van der Waals surface area (Å²) in [6.07, 6.45) is 1.03. The fourth-order valence-corrected chi connectivity index (χ4v) is 1.38. The average molecular weight is 216 g/mol. The zero-order valence-corrected chi connectivity index (χ0v) is 10.4. The van der Waals surface area contributed by atoms with Crippen LogP contribution in [0.3, 0.4) is 0 Å². The molecule has 0 amide bonds. The summed E-state index contributed by atoms with van der Waals surface area (Å²) in [4.78, 5) is 13.1. The average Bonchev–Trinajstić information content (AvgIpc) is 2.14. The van der Waals surface area contributed by atoms with Crippen LogP contribution in [0.2, 0.25) is 0 Å². The minimum absolute atomic E-state index is 0.191. The predicted molar refractivity (Wildman–Crippen MR) is 62.1 cm³/mol. The van der Waals surface area contributed by atoms with Crippen molar-refractivity contribution < 1.29 is 9.90 Å². The Morgan fingerprint density at radius 3 is 2.27 bits per heavy atom. The highest BCUT2D eigenvalue weighted by atomic mass is 16.4. The molecule has 0 aliphatic carbocycles. The number of nitrogens with zero attached hydrogens (tertiary/aromatic N) is 1. The first-order valence-corrected chi connectivity index (χ1v) is 5.57. The molecular formula is C11H24N2O2. The first-order chi connectivity index (χ1) is 6.88. The van der Waals surface area contributed by atoms with Crippen LogP contribution in [-0.2, 0) is 4.79 Å². The highest BCUT2D eigenvalue weighted by Crippen LogP contribution is 2.02. The SMILES string of the molecule is CCC(C)N(C)CC(NC(C)C)C(=O)O. The van der Waals surface area contributed by atoms with E-state index in [0.29, 0.717) is 12.6 Å². The van der Waals surface area contributed by atoms with E-state index in [9.17, 15) is 4.79 Å². The molecule has 15 heavy (non-hydrogen) atoms. The zero-order chi connectivity index (χ0) is 12.0. The summed E-state index contributed by atoms with van der Waals surface area (Å²) in [7, 11) is 1.96. The summed E-state index contributed by atoms with van der Waals surface area (Å²) >= 11 is 0. The van der Waals surface area contributed by atoms with Gasteiger partial charge in [0, 0.05) is 18.6 Å². The first kappa shape index (κ1) is 14.4. The molecule has 0 aliphatic rings. The Bertz CT molecular complexity index is 195. The van der Waals surface area contributed by atoms with E-state index >= 15 is 0 Å². The fraction of sp³-hybridized carbons (Fsp3) is 0.909. The molecule has 90 valence electrons. The molecule has 0 saturated carbocycles. The number of carboxylic acids is 1. The number of hydrogen-bond acceptors (Lipinski definition) is 3. The lowest BCUT2D eigenvalue weighted by atomic mass is 10.2. The Kier molecular flexibility index (Phi) is 6.52. The fourth-order valence-electron chi connectivity index (χ4n) is 1.38. The van der Waals surface area contributed by atoms with Gasteiger partial charge < -0.3 is 15.3 Å². The van der Waals surface area contributed by atoms with Gasteiger partial charge in [0.05, 0.1) is 0 Å². The van der Waals surface area contributed by atoms with E-state index in [4.69, 9.17) is 5.11 Å². The largest absolute Gasteiger partial charge is 0.480 e. The maximum atomic E-state index is 11.0. The lowest BCUT2D eigenvalue weighted by molar-refractivity contribution is -0.140. The maximum Gasteiger partial charge on any atom is 0.322 e. The summed E-state index contributed by atoms with van der Waals surface area (Å²) in [5.41, 5.74) is 0. The Morgan fingerprint density at radius 1 is 1.40 bits per heavy atom. The second-order valence-electron chi connectivity index (χ2n) is 4.41. The number of hydrogen-bond donors (Lipinski definition) is 2. The van der Waals surface area contributed by atoms with Crippen LogP contribution >= 0.6 is 0 Å². The van der Waals surface area contributed by atoms with Crippen LogP contribution in [0.1, 0.15) is 34.1 Å². The highest BCUT2D eigenvalue weighted by Gasteiger charge is 2.21. The topological polar surface area (TPSA) is 52.6 Å². The van der Waals surface area contributed by atoms with E-state index in [1.54, 1.807) is 0 Å². The molecular weight excluding hydrogens is 192 g/mol. The van der Waals surface area contributed by atoms with Crippen molar-refractivity contribution in [3.63, 3.8) is 0 Å². The molecule has 4 heteroatoms. The van der Waals surface area contributed by atoms with Gasteiger partial charge in [-0.25, -0.2) is 0 Å². The molecule has 0 saturated heterocycles. The van der Waals surface area contributed by atoms with E-state index in [1.807, 2.05) is 20.9 Å². The van der Waals surface area contributed by atoms with E-state index in [1.165, 1.54) is 0 Å². The molecule has 0 spiro atoms. The molecule has 2 N–H and O–H groups in total. The molecule has 0 bridgehead atoms. The van der Waals surface area contributed by atoms with Gasteiger partial charge >= 0.3 is 5.97 Å². The summed E-state index contributed by atoms with van der Waals surface area (Å²) in [5, 5.41) is 12.1. The Hall–Kier alpha value is -0.610. The minimum Gasteiger partial charge on any atom is -0.480 e. The van der Waals surface area contributed by atoms with Crippen molar-refractivity contribution in [1.82, 2.24) is 10.2 Å². The van der Waals surface area contributed by atoms with Crippen molar-refractivity contribution in [3.8, 4) is 0 Å². The van der Waals surface area contributed by atoms with Crippen molar-refractivity contribution in [1.29, 1.82) is 0 Å². The lowest BCUT2D eigenvalue weighted by Gasteiger charge is -2.28. The summed E-state index contributed by atoms with van der Waals surface area (Å²) in [5.74, 6) is -0.779. The Labute approximate surface area is 92.7 Å². The van der Waals surface area contributed by atoms with Crippen molar-refractivity contribution >= 4 is 5.97 Å². The highest BCUT2D eigenvalue weighted by molar-refractivity contribution is 5.73. The van der Waals surface area contributed by atoms with Gasteiger partial charge in [-0.2, -0.15) is 0 Å². The molecule has 2 atom stereocenters. The summed E-state index contributed by atoms with van der Waals surface area (Å²) in [6, 6.07) is 0.126. The zero-order valence-electron chi connectivity index (χ0n) is 10.4. The van der Waals surface area contributed by atoms with Crippen LogP contribution in [0, 0.1) is 0 Å². The molecule has 0 radical (unpaired) electrons. The summed E-state index contributed by atoms with van der Waals surface area (Å²) < 4.78 is 0. The molecule has 0 aromatic carbocycles. The van der Waals surface area contributed by atoms with Crippen LogP contribution in [-0.4, -0.2) is 47.7 Å². The van der Waals surface area contributed by atoms with Crippen molar-refractivity contribution in [2.75, 3.05) is 13.6 Å². The van der Waals surface area contributed by atoms with Crippen molar-refractivity contribution in [2.45, 2.75) is 52.2 Å². The molecule has 2 unspecified atom stereocenters. The normalized spacial score (nSPS) is 15.7. The molecule has 4 nitrogen and oxygen atoms in total. The van der Waals surface area contributed by atoms with Gasteiger partial charge in [-0.05, 0) is 20.4 Å². The van der Waals surface area contributed by atoms with Gasteiger partial charge in [0.15, 0.2) is 0 Å². The van der Waals surface area contributed by atoms with Crippen LogP contribution < -0.4 is 5.32 Å². The predicted octanol–water partition coefficient (Wildman–Crippen LogP) is 1.17. The van der Waals surface area contributed by atoms with E-state index in [0.717, 1.165) is 6.42 Å². The van der Waals surface area contributed by atoms with Crippen molar-refractivity contribution in [3.05, 3.63) is 0 Å². The van der Waals surface area contributed by atoms with Crippen LogP contribution in [0.15, 0.2) is 0 Å². The van der Waals surface area contributed by atoms with Crippen LogP contribution in [0.25, 0.3) is 0 Å². The van der Waals surface area contributed by atoms with E-state index in [-0.39, 0.29) is 6.04 Å². The maximum absolute atomic E-state index is 11.0. The molecule has 0 aromatic heterocycles. The Morgan fingerprint density at radius 2 is 1.93 bits per heavy atom. The van der Waals surface area contributed by atoms with Crippen molar-refractivity contribution in [2.24, 2.45) is 0 Å². The lowest BCUT2D eigenvalue weighted by Crippen LogP contribution is -2.49. The summed E-state index contributed by atoms with van der Waals surface area (Å²) in [6.45, 7) is 8.67. The van der Waals surface area contributed by atoms with Crippen LogP contribution in [0.5, 0.6) is 0 Å². The second kappa shape index (κ2) is 6.80. The number of aliphatic carboxylic acids is 1. The Balaban J connectivity index is 4.22. The van der Waals surface area contributed by atoms with Gasteiger partial charge in [0.1, 0.15) is 6.04 Å². The molecule has 0 aromatic rings. The molecule has 0 fully saturated rings. The number of likely N-dealkylation sites (N-methyl/N-ethyl adjacent to an activating group) is 1. The standard InChI is InChI=1S/C11H24N2O2/c1-6-9(4)13(5)7-10(11(14)15)12-8(2)3/h8-10,12H,6-7H2,1-5H3,(H,14,15). The monoisotopic (exact) mass is 216 g/mol. The quantitative estimate of drug-likeness (QED) is 0.670. The number of rotatable bonds is 7. The second-order valence-corrected chi connectivity index (χ2v) is 4.41. The molecule has 0 aliphatic heterocycles. The number of carboxylic acid groups (broad SMARTS) is 1.